The smallest absolute Gasteiger partial charge is 0.250 e. The van der Waals surface area contributed by atoms with Crippen LogP contribution in [0, 0.1) is 0 Å². The Morgan fingerprint density at radius 1 is 0.881 bits per heavy atom. The summed E-state index contributed by atoms with van der Waals surface area (Å²) in [6.45, 7) is 0.429. The maximum absolute atomic E-state index is 12.6. The number of rotatable bonds is 12. The third-order valence-corrected chi connectivity index (χ3v) is 7.08. The lowest BCUT2D eigenvalue weighted by molar-refractivity contribution is -0.118. The Hall–Kier alpha value is -5.09. The number of para-hydroxylation sites is 1. The SMILES string of the molecule is COc1ccc(-c2nnc(SCC(=O)NN=Cc3ccc(OCc4ccccc4)c(OC)c3)n2-c2ccccc2)cc1. The molecule has 0 fully saturated rings. The number of hydrogen-bond donors (Lipinski definition) is 1. The van der Waals surface area contributed by atoms with Crippen LogP contribution in [0.1, 0.15) is 11.1 Å². The highest BCUT2D eigenvalue weighted by molar-refractivity contribution is 7.99. The Morgan fingerprint density at radius 3 is 2.33 bits per heavy atom. The molecule has 0 aliphatic carbocycles. The van der Waals surface area contributed by atoms with Gasteiger partial charge in [-0.3, -0.25) is 9.36 Å². The van der Waals surface area contributed by atoms with Crippen LogP contribution in [-0.2, 0) is 11.4 Å². The van der Waals surface area contributed by atoms with Crippen LogP contribution in [0.15, 0.2) is 113 Å². The molecule has 0 atom stereocenters. The summed E-state index contributed by atoms with van der Waals surface area (Å²) in [6, 6.07) is 32.7. The number of hydrazone groups is 1. The van der Waals surface area contributed by atoms with Crippen LogP contribution in [0.25, 0.3) is 17.1 Å². The van der Waals surface area contributed by atoms with Gasteiger partial charge in [0.2, 0.25) is 0 Å². The first-order valence-corrected chi connectivity index (χ1v) is 14.1. The number of hydrogen-bond acceptors (Lipinski definition) is 8. The summed E-state index contributed by atoms with van der Waals surface area (Å²) in [5.41, 5.74) is 6.15. The lowest BCUT2D eigenvalue weighted by Gasteiger charge is -2.11. The summed E-state index contributed by atoms with van der Waals surface area (Å²) < 4.78 is 18.6. The van der Waals surface area contributed by atoms with Gasteiger partial charge in [0, 0.05) is 11.3 Å². The van der Waals surface area contributed by atoms with Crippen molar-refractivity contribution in [1.82, 2.24) is 20.2 Å². The van der Waals surface area contributed by atoms with Gasteiger partial charge in [0.05, 0.1) is 26.2 Å². The fourth-order valence-corrected chi connectivity index (χ4v) is 4.80. The molecule has 5 rings (SSSR count). The topological polar surface area (TPSA) is 99.9 Å². The van der Waals surface area contributed by atoms with E-state index in [0.29, 0.717) is 29.1 Å². The number of nitrogens with one attached hydrogen (secondary N) is 1. The van der Waals surface area contributed by atoms with Crippen LogP contribution < -0.4 is 19.6 Å². The third-order valence-electron chi connectivity index (χ3n) is 6.16. The molecule has 1 aromatic heterocycles. The molecule has 212 valence electrons. The highest BCUT2D eigenvalue weighted by atomic mass is 32.2. The second-order valence-electron chi connectivity index (χ2n) is 8.97. The lowest BCUT2D eigenvalue weighted by Crippen LogP contribution is -2.20. The van der Waals surface area contributed by atoms with E-state index >= 15 is 0 Å². The highest BCUT2D eigenvalue weighted by Crippen LogP contribution is 2.30. The number of amides is 1. The van der Waals surface area contributed by atoms with Crippen LogP contribution in [0.3, 0.4) is 0 Å². The van der Waals surface area contributed by atoms with E-state index in [2.05, 4.69) is 20.7 Å². The van der Waals surface area contributed by atoms with Gasteiger partial charge in [-0.2, -0.15) is 5.10 Å². The lowest BCUT2D eigenvalue weighted by atomic mass is 10.2. The predicted molar refractivity (Wildman–Crippen MR) is 164 cm³/mol. The summed E-state index contributed by atoms with van der Waals surface area (Å²) in [5, 5.41) is 13.5. The molecule has 9 nitrogen and oxygen atoms in total. The van der Waals surface area contributed by atoms with Crippen molar-refractivity contribution in [2.24, 2.45) is 5.10 Å². The van der Waals surface area contributed by atoms with Gasteiger partial charge in [-0.15, -0.1) is 10.2 Å². The average Bonchev–Trinajstić information content (AvgIpc) is 3.48. The fraction of sp³-hybridized carbons (Fsp3) is 0.125. The van der Waals surface area contributed by atoms with Crippen LogP contribution in [0.4, 0.5) is 0 Å². The summed E-state index contributed by atoms with van der Waals surface area (Å²) in [4.78, 5) is 12.6. The van der Waals surface area contributed by atoms with Gasteiger partial charge in [-0.25, -0.2) is 5.43 Å². The zero-order valence-electron chi connectivity index (χ0n) is 23.1. The van der Waals surface area contributed by atoms with Gasteiger partial charge < -0.3 is 14.2 Å². The Labute approximate surface area is 248 Å². The van der Waals surface area contributed by atoms with E-state index in [1.807, 2.05) is 102 Å². The molecule has 0 unspecified atom stereocenters. The molecule has 1 N–H and O–H groups in total. The monoisotopic (exact) mass is 579 g/mol. The Morgan fingerprint density at radius 2 is 1.62 bits per heavy atom. The number of benzene rings is 4. The molecule has 0 aliphatic rings. The van der Waals surface area contributed by atoms with Crippen molar-refractivity contribution >= 4 is 23.9 Å². The number of aromatic nitrogens is 3. The maximum Gasteiger partial charge on any atom is 0.250 e. The number of ether oxygens (including phenoxy) is 3. The maximum atomic E-state index is 12.6. The molecule has 10 heteroatoms. The van der Waals surface area contributed by atoms with Crippen LogP contribution >= 0.6 is 11.8 Å². The van der Waals surface area contributed by atoms with Gasteiger partial charge >= 0.3 is 0 Å². The minimum atomic E-state index is -0.278. The molecule has 5 aromatic rings. The summed E-state index contributed by atoms with van der Waals surface area (Å²) in [7, 11) is 3.21. The first-order valence-electron chi connectivity index (χ1n) is 13.1. The van der Waals surface area contributed by atoms with Crippen molar-refractivity contribution in [3.63, 3.8) is 0 Å². The summed E-state index contributed by atoms with van der Waals surface area (Å²) in [6.07, 6.45) is 1.56. The molecule has 42 heavy (non-hydrogen) atoms. The molecule has 0 spiro atoms. The van der Waals surface area contributed by atoms with Crippen molar-refractivity contribution in [1.29, 1.82) is 0 Å². The second kappa shape index (κ2) is 14.0. The first kappa shape index (κ1) is 28.4. The number of carbonyl (C=O) groups excluding carboxylic acids is 1. The summed E-state index contributed by atoms with van der Waals surface area (Å²) in [5.74, 6) is 2.43. The molecule has 0 radical (unpaired) electrons. The molecular formula is C32H29N5O4S. The minimum Gasteiger partial charge on any atom is -0.497 e. The van der Waals surface area contributed by atoms with E-state index in [0.717, 1.165) is 28.1 Å². The zero-order valence-corrected chi connectivity index (χ0v) is 24.0. The van der Waals surface area contributed by atoms with Gasteiger partial charge in [-0.1, -0.05) is 60.3 Å². The van der Waals surface area contributed by atoms with Crippen LogP contribution in [-0.4, -0.2) is 46.9 Å². The normalized spacial score (nSPS) is 10.9. The highest BCUT2D eigenvalue weighted by Gasteiger charge is 2.17. The van der Waals surface area contributed by atoms with Gasteiger partial charge in [0.25, 0.3) is 5.91 Å². The van der Waals surface area contributed by atoms with Crippen LogP contribution in [0.5, 0.6) is 17.2 Å². The molecule has 0 aliphatic heterocycles. The van der Waals surface area contributed by atoms with Crippen molar-refractivity contribution in [3.8, 4) is 34.3 Å². The van der Waals surface area contributed by atoms with E-state index in [1.54, 1.807) is 26.5 Å². The van der Waals surface area contributed by atoms with E-state index in [-0.39, 0.29) is 11.7 Å². The average molecular weight is 580 g/mol. The van der Waals surface area contributed by atoms with Crippen molar-refractivity contribution in [2.45, 2.75) is 11.8 Å². The van der Waals surface area contributed by atoms with Gasteiger partial charge in [0.15, 0.2) is 22.5 Å². The molecule has 1 heterocycles. The largest absolute Gasteiger partial charge is 0.497 e. The third kappa shape index (κ3) is 7.15. The molecule has 0 saturated heterocycles. The van der Waals surface area contributed by atoms with Crippen molar-refractivity contribution < 1.29 is 19.0 Å². The molecule has 4 aromatic carbocycles. The molecule has 0 bridgehead atoms. The predicted octanol–water partition coefficient (Wildman–Crippen LogP) is 5.77. The number of carbonyl (C=O) groups is 1. The standard InChI is InChI=1S/C32H29N5O4S/c1-39-27-16-14-25(15-17-27)31-35-36-32(37(31)26-11-7-4-8-12-26)42-22-30(38)34-33-20-24-13-18-28(29(19-24)40-2)41-21-23-9-5-3-6-10-23/h3-20H,21-22H2,1-2H3,(H,34,38). The zero-order chi connectivity index (χ0) is 29.1. The van der Waals surface area contributed by atoms with E-state index in [1.165, 1.54) is 11.8 Å². The molecule has 1 amide bonds. The number of thioether (sulfide) groups is 1. The quantitative estimate of drug-likeness (QED) is 0.114. The van der Waals surface area contributed by atoms with E-state index in [9.17, 15) is 4.79 Å². The number of nitrogens with zero attached hydrogens (tertiary/aromatic N) is 4. The first-order chi connectivity index (χ1) is 20.6. The van der Waals surface area contributed by atoms with E-state index < -0.39 is 0 Å². The Balaban J connectivity index is 1.22. The summed E-state index contributed by atoms with van der Waals surface area (Å²) >= 11 is 1.27. The van der Waals surface area contributed by atoms with E-state index in [4.69, 9.17) is 14.2 Å². The van der Waals surface area contributed by atoms with Crippen molar-refractivity contribution in [2.75, 3.05) is 20.0 Å². The fourth-order valence-electron chi connectivity index (χ4n) is 4.06. The van der Waals surface area contributed by atoms with Gasteiger partial charge in [0.1, 0.15) is 12.4 Å². The number of methoxy groups -OCH3 is 2. The Bertz CT molecular complexity index is 1640. The second-order valence-corrected chi connectivity index (χ2v) is 9.91. The minimum absolute atomic E-state index is 0.0977. The Kier molecular flexibility index (Phi) is 9.48. The van der Waals surface area contributed by atoms with Crippen LogP contribution in [0.2, 0.25) is 0 Å². The van der Waals surface area contributed by atoms with Crippen molar-refractivity contribution in [3.05, 3.63) is 114 Å². The molecule has 0 saturated carbocycles. The molecular weight excluding hydrogens is 550 g/mol. The van der Waals surface area contributed by atoms with Gasteiger partial charge in [-0.05, 0) is 65.7 Å².